The average Bonchev–Trinajstić information content (AvgIpc) is 2.83. The van der Waals surface area contributed by atoms with Crippen molar-refractivity contribution in [2.45, 2.75) is 33.1 Å². The minimum absolute atomic E-state index is 0.00659. The second-order valence-corrected chi connectivity index (χ2v) is 9.72. The predicted molar refractivity (Wildman–Crippen MR) is 143 cm³/mol. The van der Waals surface area contributed by atoms with Gasteiger partial charge in [0.25, 0.3) is 11.5 Å². The summed E-state index contributed by atoms with van der Waals surface area (Å²) in [6.07, 6.45) is 3.14. The van der Waals surface area contributed by atoms with Crippen LogP contribution >= 0.6 is 0 Å². The van der Waals surface area contributed by atoms with Crippen molar-refractivity contribution in [3.63, 3.8) is 0 Å². The van der Waals surface area contributed by atoms with Crippen molar-refractivity contribution in [2.24, 2.45) is 7.05 Å². The molecule has 3 N–H and O–H groups in total. The number of nitrogens with one attached hydrogen (secondary N) is 3. The molecule has 4 rings (SSSR count). The van der Waals surface area contributed by atoms with Crippen molar-refractivity contribution < 1.29 is 4.79 Å². The molecule has 8 heteroatoms. The highest BCUT2D eigenvalue weighted by Crippen LogP contribution is 2.28. The van der Waals surface area contributed by atoms with Gasteiger partial charge >= 0.3 is 0 Å². The zero-order valence-corrected chi connectivity index (χ0v) is 21.0. The van der Waals surface area contributed by atoms with E-state index in [0.29, 0.717) is 22.6 Å². The molecule has 184 valence electrons. The van der Waals surface area contributed by atoms with Crippen LogP contribution < -0.4 is 21.8 Å². The zero-order chi connectivity index (χ0) is 26.0. The Morgan fingerprint density at radius 3 is 2.42 bits per heavy atom. The highest BCUT2D eigenvalue weighted by atomic mass is 16.2. The molecule has 0 unspecified atom stereocenters. The smallest absolute Gasteiger partial charge is 0.293 e. The third-order valence-corrected chi connectivity index (χ3v) is 5.98. The topological polar surface area (TPSA) is 109 Å². The monoisotopic (exact) mass is 483 g/mol. The van der Waals surface area contributed by atoms with Crippen molar-refractivity contribution >= 4 is 23.1 Å². The first-order chi connectivity index (χ1) is 17.0. The van der Waals surface area contributed by atoms with Crippen LogP contribution in [0.2, 0.25) is 0 Å². The largest absolute Gasteiger partial charge is 0.335 e. The van der Waals surface area contributed by atoms with Crippen molar-refractivity contribution in [1.29, 1.82) is 0 Å². The van der Waals surface area contributed by atoms with Crippen LogP contribution in [0.15, 0.2) is 76.6 Å². The second kappa shape index (κ2) is 9.65. The van der Waals surface area contributed by atoms with Gasteiger partial charge in [0, 0.05) is 48.0 Å². The maximum absolute atomic E-state index is 12.9. The van der Waals surface area contributed by atoms with Crippen LogP contribution in [0, 0.1) is 6.92 Å². The van der Waals surface area contributed by atoms with E-state index >= 15 is 0 Å². The van der Waals surface area contributed by atoms with Gasteiger partial charge in [-0.3, -0.25) is 14.4 Å². The highest BCUT2D eigenvalue weighted by molar-refractivity contribution is 6.05. The van der Waals surface area contributed by atoms with E-state index in [1.807, 2.05) is 49.4 Å². The number of carbonyl (C=O) groups is 1. The summed E-state index contributed by atoms with van der Waals surface area (Å²) in [4.78, 5) is 44.3. The maximum atomic E-state index is 12.9. The quantitative estimate of drug-likeness (QED) is 0.380. The fourth-order valence-electron chi connectivity index (χ4n) is 3.84. The van der Waals surface area contributed by atoms with Gasteiger partial charge < -0.3 is 20.2 Å². The minimum atomic E-state index is -0.333. The lowest BCUT2D eigenvalue weighted by Gasteiger charge is -2.19. The van der Waals surface area contributed by atoms with E-state index in [-0.39, 0.29) is 28.3 Å². The number of nitrogens with zero attached hydrogens (tertiary/aromatic N) is 2. The standard InChI is InChI=1S/C28H29N5O3/c1-17-21(23-16-33(5)27(36)25(31-23)30-20-13-14-29-24(34)15-20)7-6-8-22(17)32-26(35)18-9-11-19(12-10-18)28(2,3)4/h6-16H,1-5H3,(H,32,35)(H2,29,30,31,34). The van der Waals surface area contributed by atoms with E-state index in [9.17, 15) is 14.4 Å². The zero-order valence-electron chi connectivity index (χ0n) is 21.0. The lowest BCUT2D eigenvalue weighted by atomic mass is 9.86. The van der Waals surface area contributed by atoms with Crippen LogP contribution in [0.5, 0.6) is 0 Å². The molecule has 1 amide bonds. The molecule has 0 radical (unpaired) electrons. The number of pyridine rings is 1. The molecule has 4 aromatic rings. The Bertz CT molecular complexity index is 1540. The molecule has 0 saturated heterocycles. The summed E-state index contributed by atoms with van der Waals surface area (Å²) in [5.41, 5.74) is 4.33. The second-order valence-electron chi connectivity index (χ2n) is 9.72. The number of carbonyl (C=O) groups excluding carboxylic acids is 1. The Labute approximate surface area is 209 Å². The summed E-state index contributed by atoms with van der Waals surface area (Å²) >= 11 is 0. The van der Waals surface area contributed by atoms with Gasteiger partial charge in [0.2, 0.25) is 5.56 Å². The number of hydrogen-bond donors (Lipinski definition) is 3. The molecule has 2 aromatic heterocycles. The lowest BCUT2D eigenvalue weighted by Crippen LogP contribution is -2.22. The van der Waals surface area contributed by atoms with E-state index in [1.54, 1.807) is 19.3 Å². The molecule has 36 heavy (non-hydrogen) atoms. The molecule has 2 heterocycles. The van der Waals surface area contributed by atoms with Gasteiger partial charge in [-0.1, -0.05) is 45.0 Å². The molecule has 0 atom stereocenters. The van der Waals surface area contributed by atoms with Gasteiger partial charge in [-0.05, 0) is 47.7 Å². The first-order valence-corrected chi connectivity index (χ1v) is 11.6. The summed E-state index contributed by atoms with van der Waals surface area (Å²) in [6, 6.07) is 16.1. The van der Waals surface area contributed by atoms with Gasteiger partial charge in [0.1, 0.15) is 0 Å². The number of aromatic nitrogens is 3. The van der Waals surface area contributed by atoms with Crippen LogP contribution in [0.1, 0.15) is 42.3 Å². The van der Waals surface area contributed by atoms with Crippen LogP contribution in [-0.2, 0) is 12.5 Å². The maximum Gasteiger partial charge on any atom is 0.293 e. The first kappa shape index (κ1) is 24.7. The van der Waals surface area contributed by atoms with Crippen LogP contribution in [0.25, 0.3) is 11.3 Å². The Morgan fingerprint density at radius 2 is 1.75 bits per heavy atom. The molecule has 0 aliphatic carbocycles. The molecule has 2 aromatic carbocycles. The van der Waals surface area contributed by atoms with Gasteiger partial charge in [0.05, 0.1) is 5.69 Å². The number of aromatic amines is 1. The Balaban J connectivity index is 1.64. The number of aryl methyl sites for hydroxylation is 1. The van der Waals surface area contributed by atoms with Crippen molar-refractivity contribution in [3.8, 4) is 11.3 Å². The third-order valence-electron chi connectivity index (χ3n) is 5.98. The molecule has 0 spiro atoms. The molecule has 0 saturated carbocycles. The van der Waals surface area contributed by atoms with Crippen LogP contribution in [-0.4, -0.2) is 20.4 Å². The summed E-state index contributed by atoms with van der Waals surface area (Å²) in [7, 11) is 1.64. The van der Waals surface area contributed by atoms with Gasteiger partial charge in [-0.2, -0.15) is 0 Å². The molecular formula is C28H29N5O3. The Morgan fingerprint density at radius 1 is 1.03 bits per heavy atom. The number of amides is 1. The van der Waals surface area contributed by atoms with E-state index in [2.05, 4.69) is 41.4 Å². The van der Waals surface area contributed by atoms with Crippen molar-refractivity contribution in [1.82, 2.24) is 14.5 Å². The van der Waals surface area contributed by atoms with Crippen LogP contribution in [0.4, 0.5) is 17.2 Å². The minimum Gasteiger partial charge on any atom is -0.335 e. The summed E-state index contributed by atoms with van der Waals surface area (Å²) < 4.78 is 1.43. The normalized spacial score (nSPS) is 11.2. The van der Waals surface area contributed by atoms with E-state index in [4.69, 9.17) is 0 Å². The fraction of sp³-hybridized carbons (Fsp3) is 0.214. The number of anilines is 3. The fourth-order valence-corrected chi connectivity index (χ4v) is 3.84. The number of hydrogen-bond acceptors (Lipinski definition) is 5. The van der Waals surface area contributed by atoms with Gasteiger partial charge in [-0.15, -0.1) is 0 Å². The molecule has 8 nitrogen and oxygen atoms in total. The molecular weight excluding hydrogens is 454 g/mol. The predicted octanol–water partition coefficient (Wildman–Crippen LogP) is 4.74. The van der Waals surface area contributed by atoms with E-state index in [1.165, 1.54) is 16.8 Å². The average molecular weight is 484 g/mol. The van der Waals surface area contributed by atoms with Crippen LogP contribution in [0.3, 0.4) is 0 Å². The van der Waals surface area contributed by atoms with Crippen molar-refractivity contribution in [3.05, 3.63) is 104 Å². The molecule has 0 bridgehead atoms. The molecule has 0 aliphatic rings. The van der Waals surface area contributed by atoms with E-state index in [0.717, 1.165) is 16.7 Å². The van der Waals surface area contributed by atoms with Crippen molar-refractivity contribution in [2.75, 3.05) is 10.6 Å². The highest BCUT2D eigenvalue weighted by Gasteiger charge is 2.16. The Kier molecular flexibility index (Phi) is 6.61. The van der Waals surface area contributed by atoms with Gasteiger partial charge in [-0.25, -0.2) is 4.98 Å². The molecule has 0 aliphatic heterocycles. The summed E-state index contributed by atoms with van der Waals surface area (Å²) in [6.45, 7) is 8.28. The Hall–Kier alpha value is -4.46. The SMILES string of the molecule is Cc1c(NC(=O)c2ccc(C(C)(C)C)cc2)cccc1-c1cn(C)c(=O)c(Nc2cc[nH]c(=O)c2)n1. The number of rotatable bonds is 5. The third kappa shape index (κ3) is 5.27. The summed E-state index contributed by atoms with van der Waals surface area (Å²) in [5, 5.41) is 5.93. The summed E-state index contributed by atoms with van der Waals surface area (Å²) in [5.74, 6) is -0.117. The molecule has 0 fully saturated rings. The number of benzene rings is 2. The lowest BCUT2D eigenvalue weighted by molar-refractivity contribution is 0.102. The van der Waals surface area contributed by atoms with Gasteiger partial charge in [0.15, 0.2) is 5.82 Å². The number of H-pyrrole nitrogens is 1. The first-order valence-electron chi connectivity index (χ1n) is 11.6. The van der Waals surface area contributed by atoms with E-state index < -0.39 is 0 Å².